The molecule has 72 valence electrons. The van der Waals surface area contributed by atoms with Gasteiger partial charge in [-0.25, -0.2) is 4.98 Å². The van der Waals surface area contributed by atoms with Crippen LogP contribution in [0.1, 0.15) is 12.5 Å². The molecule has 0 aromatic carbocycles. The van der Waals surface area contributed by atoms with Crippen molar-refractivity contribution < 1.29 is 0 Å². The van der Waals surface area contributed by atoms with Gasteiger partial charge in [-0.3, -0.25) is 0 Å². The molecule has 13 heavy (non-hydrogen) atoms. The third kappa shape index (κ3) is 2.59. The number of nitrogens with two attached hydrogens (primary N) is 2. The highest BCUT2D eigenvalue weighted by Crippen LogP contribution is 2.16. The van der Waals surface area contributed by atoms with Crippen LogP contribution in [0.3, 0.4) is 0 Å². The van der Waals surface area contributed by atoms with Gasteiger partial charge in [0.05, 0.1) is 5.69 Å². The Labute approximate surface area is 78.3 Å². The van der Waals surface area contributed by atoms with Gasteiger partial charge in [0.1, 0.15) is 5.82 Å². The second kappa shape index (κ2) is 4.09. The van der Waals surface area contributed by atoms with E-state index in [1.54, 1.807) is 6.20 Å². The summed E-state index contributed by atoms with van der Waals surface area (Å²) in [6, 6.07) is 2.08. The van der Waals surface area contributed by atoms with Crippen molar-refractivity contribution in [2.24, 2.45) is 5.73 Å². The van der Waals surface area contributed by atoms with Crippen LogP contribution in [0.25, 0.3) is 0 Å². The minimum absolute atomic E-state index is 0.192. The monoisotopic (exact) mass is 180 g/mol. The SMILES string of the molecule is Cc1cnc(NC(C)CN)c(N)c1. The van der Waals surface area contributed by atoms with Gasteiger partial charge < -0.3 is 16.8 Å². The van der Waals surface area contributed by atoms with Crippen molar-refractivity contribution in [1.29, 1.82) is 0 Å². The highest BCUT2D eigenvalue weighted by molar-refractivity contribution is 5.61. The van der Waals surface area contributed by atoms with Crippen molar-refractivity contribution in [1.82, 2.24) is 4.98 Å². The molecular formula is C9H16N4. The van der Waals surface area contributed by atoms with E-state index in [9.17, 15) is 0 Å². The highest BCUT2D eigenvalue weighted by Gasteiger charge is 2.03. The third-order valence-electron chi connectivity index (χ3n) is 1.79. The molecule has 1 aromatic heterocycles. The first-order valence-electron chi connectivity index (χ1n) is 4.32. The first-order valence-corrected chi connectivity index (χ1v) is 4.32. The Balaban J connectivity index is 2.77. The molecule has 1 unspecified atom stereocenters. The zero-order chi connectivity index (χ0) is 9.84. The molecule has 0 saturated carbocycles. The van der Waals surface area contributed by atoms with E-state index in [-0.39, 0.29) is 6.04 Å². The van der Waals surface area contributed by atoms with Crippen LogP contribution in [0, 0.1) is 6.92 Å². The fraction of sp³-hybridized carbons (Fsp3) is 0.444. The second-order valence-corrected chi connectivity index (χ2v) is 3.23. The normalized spacial score (nSPS) is 12.5. The van der Waals surface area contributed by atoms with E-state index in [0.717, 1.165) is 5.56 Å². The number of hydrogen-bond acceptors (Lipinski definition) is 4. The van der Waals surface area contributed by atoms with Gasteiger partial charge in [0.2, 0.25) is 0 Å². The molecule has 0 bridgehead atoms. The molecule has 0 fully saturated rings. The van der Waals surface area contributed by atoms with E-state index in [1.165, 1.54) is 0 Å². The van der Waals surface area contributed by atoms with Gasteiger partial charge in [0, 0.05) is 18.8 Å². The Hall–Kier alpha value is -1.29. The lowest BCUT2D eigenvalue weighted by molar-refractivity contribution is 0.798. The summed E-state index contributed by atoms with van der Waals surface area (Å²) in [7, 11) is 0. The van der Waals surface area contributed by atoms with Crippen LogP contribution < -0.4 is 16.8 Å². The predicted octanol–water partition coefficient (Wildman–Crippen LogP) is 0.731. The van der Waals surface area contributed by atoms with Crippen LogP contribution in [0.15, 0.2) is 12.3 Å². The Morgan fingerprint density at radius 1 is 1.62 bits per heavy atom. The summed E-state index contributed by atoms with van der Waals surface area (Å²) in [6.07, 6.45) is 1.78. The average molecular weight is 180 g/mol. The van der Waals surface area contributed by atoms with Crippen LogP contribution in [-0.2, 0) is 0 Å². The molecule has 1 rings (SSSR count). The smallest absolute Gasteiger partial charge is 0.149 e. The number of anilines is 2. The van der Waals surface area contributed by atoms with E-state index >= 15 is 0 Å². The van der Waals surface area contributed by atoms with Crippen LogP contribution in [0.5, 0.6) is 0 Å². The van der Waals surface area contributed by atoms with E-state index in [0.29, 0.717) is 18.1 Å². The molecule has 1 heterocycles. The molecule has 0 saturated heterocycles. The van der Waals surface area contributed by atoms with Crippen molar-refractivity contribution in [2.75, 3.05) is 17.6 Å². The molecule has 0 aliphatic rings. The number of pyridine rings is 1. The van der Waals surface area contributed by atoms with Gasteiger partial charge >= 0.3 is 0 Å². The maximum Gasteiger partial charge on any atom is 0.149 e. The zero-order valence-corrected chi connectivity index (χ0v) is 8.04. The predicted molar refractivity (Wildman–Crippen MR) is 55.5 cm³/mol. The molecule has 1 aromatic rings. The number of aromatic nitrogens is 1. The van der Waals surface area contributed by atoms with Gasteiger partial charge in [0.15, 0.2) is 0 Å². The van der Waals surface area contributed by atoms with Gasteiger partial charge in [-0.05, 0) is 25.5 Å². The lowest BCUT2D eigenvalue weighted by Crippen LogP contribution is -2.26. The lowest BCUT2D eigenvalue weighted by atomic mass is 10.2. The molecular weight excluding hydrogens is 164 g/mol. The van der Waals surface area contributed by atoms with Crippen LogP contribution in [0.2, 0.25) is 0 Å². The fourth-order valence-electron chi connectivity index (χ4n) is 1.00. The molecule has 4 heteroatoms. The minimum atomic E-state index is 0.192. The van der Waals surface area contributed by atoms with Gasteiger partial charge in [-0.1, -0.05) is 0 Å². The van der Waals surface area contributed by atoms with Crippen molar-refractivity contribution in [3.8, 4) is 0 Å². The Bertz CT molecular complexity index is 285. The van der Waals surface area contributed by atoms with Crippen LogP contribution in [-0.4, -0.2) is 17.6 Å². The van der Waals surface area contributed by atoms with E-state index < -0.39 is 0 Å². The maximum atomic E-state index is 5.76. The minimum Gasteiger partial charge on any atom is -0.396 e. The molecule has 1 atom stereocenters. The number of aryl methyl sites for hydroxylation is 1. The largest absolute Gasteiger partial charge is 0.396 e. The van der Waals surface area contributed by atoms with Gasteiger partial charge in [0.25, 0.3) is 0 Å². The quantitative estimate of drug-likeness (QED) is 0.641. The summed E-state index contributed by atoms with van der Waals surface area (Å²) < 4.78 is 0. The van der Waals surface area contributed by atoms with Crippen molar-refractivity contribution in [3.63, 3.8) is 0 Å². The maximum absolute atomic E-state index is 5.76. The van der Waals surface area contributed by atoms with Crippen molar-refractivity contribution in [2.45, 2.75) is 19.9 Å². The van der Waals surface area contributed by atoms with Gasteiger partial charge in [-0.2, -0.15) is 0 Å². The molecule has 4 nitrogen and oxygen atoms in total. The van der Waals surface area contributed by atoms with Crippen molar-refractivity contribution in [3.05, 3.63) is 17.8 Å². The van der Waals surface area contributed by atoms with Crippen LogP contribution >= 0.6 is 0 Å². The number of nitrogen functional groups attached to an aromatic ring is 1. The standard InChI is InChI=1S/C9H16N4/c1-6-3-8(11)9(12-5-6)13-7(2)4-10/h3,5,7H,4,10-11H2,1-2H3,(H,12,13). The lowest BCUT2D eigenvalue weighted by Gasteiger charge is -2.13. The molecule has 0 radical (unpaired) electrons. The Morgan fingerprint density at radius 2 is 2.31 bits per heavy atom. The fourth-order valence-corrected chi connectivity index (χ4v) is 1.00. The van der Waals surface area contributed by atoms with Crippen LogP contribution in [0.4, 0.5) is 11.5 Å². The molecule has 0 amide bonds. The Kier molecular flexibility index (Phi) is 3.08. The summed E-state index contributed by atoms with van der Waals surface area (Å²) in [5.74, 6) is 0.712. The third-order valence-corrected chi connectivity index (χ3v) is 1.79. The van der Waals surface area contributed by atoms with Crippen molar-refractivity contribution >= 4 is 11.5 Å². The number of nitrogens with one attached hydrogen (secondary N) is 1. The van der Waals surface area contributed by atoms with Gasteiger partial charge in [-0.15, -0.1) is 0 Å². The summed E-state index contributed by atoms with van der Waals surface area (Å²) in [4.78, 5) is 4.17. The summed E-state index contributed by atoms with van der Waals surface area (Å²) in [5, 5.41) is 3.13. The topological polar surface area (TPSA) is 77.0 Å². The Morgan fingerprint density at radius 3 is 2.85 bits per heavy atom. The molecule has 0 spiro atoms. The first-order chi connectivity index (χ1) is 6.13. The average Bonchev–Trinajstić information content (AvgIpc) is 2.09. The number of hydrogen-bond donors (Lipinski definition) is 3. The zero-order valence-electron chi connectivity index (χ0n) is 8.04. The highest BCUT2D eigenvalue weighted by atomic mass is 15.0. The number of nitrogens with zero attached hydrogens (tertiary/aromatic N) is 1. The van der Waals surface area contributed by atoms with E-state index in [1.807, 2.05) is 19.9 Å². The summed E-state index contributed by atoms with van der Waals surface area (Å²) in [6.45, 7) is 4.51. The summed E-state index contributed by atoms with van der Waals surface area (Å²) in [5.41, 5.74) is 13.0. The number of rotatable bonds is 3. The molecule has 0 aliphatic heterocycles. The second-order valence-electron chi connectivity index (χ2n) is 3.23. The molecule has 5 N–H and O–H groups in total. The first kappa shape index (κ1) is 9.80. The van der Waals surface area contributed by atoms with E-state index in [4.69, 9.17) is 11.5 Å². The molecule has 0 aliphatic carbocycles. The summed E-state index contributed by atoms with van der Waals surface area (Å²) >= 11 is 0. The van der Waals surface area contributed by atoms with E-state index in [2.05, 4.69) is 10.3 Å².